The Morgan fingerprint density at radius 1 is 1.11 bits per heavy atom. The minimum Gasteiger partial charge on any atom is -0.493 e. The lowest BCUT2D eigenvalue weighted by Crippen LogP contribution is -2.44. The summed E-state index contributed by atoms with van der Waals surface area (Å²) in [5.41, 5.74) is 2.69. The highest BCUT2D eigenvalue weighted by Gasteiger charge is 2.23. The van der Waals surface area contributed by atoms with Crippen LogP contribution in [0.1, 0.15) is 53.6 Å². The molecule has 3 aromatic rings. The third-order valence-electron chi connectivity index (χ3n) is 6.47. The summed E-state index contributed by atoms with van der Waals surface area (Å²) in [5.74, 6) is 0.742. The van der Waals surface area contributed by atoms with Crippen molar-refractivity contribution in [3.8, 4) is 5.75 Å². The van der Waals surface area contributed by atoms with E-state index in [4.69, 9.17) is 4.74 Å². The standard InChI is InChI=1S/C29H35N3O4/c1-30-29(35)27(13-8-17-33)32(2)20-26-22(10-6-12-24(26)21-34)9-4-3-5-18-36-28-14-7-11-23-19-31-16-15-25(23)28/h6-7,10-12,14-17,19,21,27H,3-5,8-9,13,18,20H2,1-2H3,(H,30,35). The second kappa shape index (κ2) is 14.1. The van der Waals surface area contributed by atoms with Gasteiger partial charge in [0.15, 0.2) is 0 Å². The van der Waals surface area contributed by atoms with Gasteiger partial charge in [0, 0.05) is 48.7 Å². The number of carbonyl (C=O) groups is 3. The Kier molecular flexibility index (Phi) is 10.6. The maximum Gasteiger partial charge on any atom is 0.237 e. The fraction of sp³-hybridized carbons (Fsp3) is 0.379. The van der Waals surface area contributed by atoms with Crippen LogP contribution in [-0.2, 0) is 22.6 Å². The van der Waals surface area contributed by atoms with Gasteiger partial charge >= 0.3 is 0 Å². The van der Waals surface area contributed by atoms with Gasteiger partial charge in [-0.15, -0.1) is 0 Å². The summed E-state index contributed by atoms with van der Waals surface area (Å²) in [6.45, 7) is 1.09. The molecular weight excluding hydrogens is 454 g/mol. The molecule has 1 amide bonds. The first-order valence-electron chi connectivity index (χ1n) is 12.5. The van der Waals surface area contributed by atoms with Crippen molar-refractivity contribution < 1.29 is 19.1 Å². The van der Waals surface area contributed by atoms with E-state index in [1.54, 1.807) is 13.2 Å². The van der Waals surface area contributed by atoms with Gasteiger partial charge in [0.05, 0.1) is 12.6 Å². The highest BCUT2D eigenvalue weighted by molar-refractivity contribution is 5.87. The van der Waals surface area contributed by atoms with E-state index in [1.165, 1.54) is 0 Å². The van der Waals surface area contributed by atoms with E-state index >= 15 is 0 Å². The van der Waals surface area contributed by atoms with Crippen LogP contribution < -0.4 is 10.1 Å². The molecule has 7 heteroatoms. The first-order chi connectivity index (χ1) is 17.6. The van der Waals surface area contributed by atoms with Gasteiger partial charge in [0.25, 0.3) is 0 Å². The molecule has 3 rings (SSSR count). The largest absolute Gasteiger partial charge is 0.493 e. The Hall–Kier alpha value is -3.58. The number of amides is 1. The topological polar surface area (TPSA) is 88.6 Å². The summed E-state index contributed by atoms with van der Waals surface area (Å²) in [7, 11) is 3.45. The predicted molar refractivity (Wildman–Crippen MR) is 141 cm³/mol. The average Bonchev–Trinajstić information content (AvgIpc) is 2.91. The van der Waals surface area contributed by atoms with Gasteiger partial charge in [-0.3, -0.25) is 19.5 Å². The number of hydrogen-bond acceptors (Lipinski definition) is 6. The predicted octanol–water partition coefficient (Wildman–Crippen LogP) is 4.36. The quantitative estimate of drug-likeness (QED) is 0.252. The molecule has 2 aromatic carbocycles. The lowest BCUT2D eigenvalue weighted by atomic mass is 9.96. The summed E-state index contributed by atoms with van der Waals surface area (Å²) in [6, 6.07) is 13.3. The van der Waals surface area contributed by atoms with Crippen LogP contribution in [0, 0.1) is 0 Å². The minimum atomic E-state index is -0.435. The van der Waals surface area contributed by atoms with Crippen molar-refractivity contribution in [2.75, 3.05) is 20.7 Å². The summed E-state index contributed by atoms with van der Waals surface area (Å²) >= 11 is 0. The summed E-state index contributed by atoms with van der Waals surface area (Å²) < 4.78 is 6.03. The fourth-order valence-corrected chi connectivity index (χ4v) is 4.49. The number of aryl methyl sites for hydroxylation is 1. The first kappa shape index (κ1) is 27.0. The Labute approximate surface area is 212 Å². The molecule has 0 spiro atoms. The summed E-state index contributed by atoms with van der Waals surface area (Å²) in [5, 5.41) is 4.81. The molecule has 0 saturated heterocycles. The summed E-state index contributed by atoms with van der Waals surface area (Å²) in [6.07, 6.45) is 9.78. The van der Waals surface area contributed by atoms with Crippen molar-refractivity contribution in [1.29, 1.82) is 0 Å². The lowest BCUT2D eigenvalue weighted by molar-refractivity contribution is -0.126. The van der Waals surface area contributed by atoms with Crippen molar-refractivity contribution in [3.63, 3.8) is 0 Å². The second-order valence-corrected chi connectivity index (χ2v) is 8.90. The number of ether oxygens (including phenoxy) is 1. The monoisotopic (exact) mass is 489 g/mol. The zero-order valence-corrected chi connectivity index (χ0v) is 21.1. The van der Waals surface area contributed by atoms with Crippen molar-refractivity contribution in [2.45, 2.75) is 51.1 Å². The third-order valence-corrected chi connectivity index (χ3v) is 6.47. The molecule has 1 aromatic heterocycles. The Bertz CT molecular complexity index is 1160. The number of rotatable bonds is 15. The smallest absolute Gasteiger partial charge is 0.237 e. The van der Waals surface area contributed by atoms with Gasteiger partial charge in [0.2, 0.25) is 5.91 Å². The van der Waals surface area contributed by atoms with Gasteiger partial charge in [0.1, 0.15) is 18.3 Å². The van der Waals surface area contributed by atoms with E-state index in [1.807, 2.05) is 54.5 Å². The molecule has 1 heterocycles. The number of likely N-dealkylation sites (N-methyl/N-ethyl adjacent to an activating group) is 2. The molecule has 0 saturated carbocycles. The summed E-state index contributed by atoms with van der Waals surface area (Å²) in [4.78, 5) is 41.1. The van der Waals surface area contributed by atoms with Gasteiger partial charge < -0.3 is 14.8 Å². The fourth-order valence-electron chi connectivity index (χ4n) is 4.49. The lowest BCUT2D eigenvalue weighted by Gasteiger charge is -2.27. The van der Waals surface area contributed by atoms with Crippen molar-refractivity contribution >= 4 is 29.3 Å². The number of aldehydes is 2. The van der Waals surface area contributed by atoms with E-state index < -0.39 is 6.04 Å². The average molecular weight is 490 g/mol. The van der Waals surface area contributed by atoms with E-state index in [9.17, 15) is 14.4 Å². The molecule has 1 atom stereocenters. The van der Waals surface area contributed by atoms with Crippen LogP contribution in [0.15, 0.2) is 54.9 Å². The van der Waals surface area contributed by atoms with Crippen molar-refractivity contribution in [1.82, 2.24) is 15.2 Å². The Balaban J connectivity index is 1.57. The molecule has 36 heavy (non-hydrogen) atoms. The van der Waals surface area contributed by atoms with Crippen LogP contribution in [-0.4, -0.2) is 55.1 Å². The molecule has 0 bridgehead atoms. The molecule has 0 radical (unpaired) electrons. The SMILES string of the molecule is CNC(=O)C(CCC=O)N(C)Cc1c(C=O)cccc1CCCCCOc1cccc2cnccc12. The minimum absolute atomic E-state index is 0.132. The van der Waals surface area contributed by atoms with E-state index in [0.29, 0.717) is 31.6 Å². The van der Waals surface area contributed by atoms with E-state index in [-0.39, 0.29) is 5.91 Å². The van der Waals surface area contributed by atoms with Crippen molar-refractivity contribution in [2.24, 2.45) is 0 Å². The number of hydrogen-bond donors (Lipinski definition) is 1. The number of nitrogens with one attached hydrogen (secondary N) is 1. The van der Waals surface area contributed by atoms with Crippen LogP contribution in [0.4, 0.5) is 0 Å². The second-order valence-electron chi connectivity index (χ2n) is 8.90. The van der Waals surface area contributed by atoms with Gasteiger partial charge in [-0.1, -0.05) is 30.3 Å². The normalized spacial score (nSPS) is 11.9. The first-order valence-corrected chi connectivity index (χ1v) is 12.5. The van der Waals surface area contributed by atoms with Crippen LogP contribution in [0.3, 0.4) is 0 Å². The highest BCUT2D eigenvalue weighted by atomic mass is 16.5. The maximum absolute atomic E-state index is 12.4. The van der Waals surface area contributed by atoms with Gasteiger partial charge in [-0.2, -0.15) is 0 Å². The van der Waals surface area contributed by atoms with Crippen molar-refractivity contribution in [3.05, 3.63) is 71.5 Å². The number of carbonyl (C=O) groups excluding carboxylic acids is 3. The van der Waals surface area contributed by atoms with E-state index in [2.05, 4.69) is 16.4 Å². The van der Waals surface area contributed by atoms with Crippen LogP contribution >= 0.6 is 0 Å². The Morgan fingerprint density at radius 2 is 1.94 bits per heavy atom. The zero-order valence-electron chi connectivity index (χ0n) is 21.1. The zero-order chi connectivity index (χ0) is 25.8. The van der Waals surface area contributed by atoms with Crippen LogP contribution in [0.25, 0.3) is 10.8 Å². The molecule has 0 aliphatic carbocycles. The number of benzene rings is 2. The molecule has 0 aliphatic rings. The maximum atomic E-state index is 12.4. The van der Waals surface area contributed by atoms with E-state index in [0.717, 1.165) is 65.9 Å². The molecule has 7 nitrogen and oxygen atoms in total. The number of aromatic nitrogens is 1. The molecule has 1 unspecified atom stereocenters. The molecule has 1 N–H and O–H groups in total. The number of unbranched alkanes of at least 4 members (excludes halogenated alkanes) is 2. The van der Waals surface area contributed by atoms with Gasteiger partial charge in [-0.05, 0) is 62.4 Å². The number of fused-ring (bicyclic) bond motifs is 1. The highest BCUT2D eigenvalue weighted by Crippen LogP contribution is 2.25. The molecule has 0 aliphatic heterocycles. The van der Waals surface area contributed by atoms with Crippen LogP contribution in [0.5, 0.6) is 5.75 Å². The number of pyridine rings is 1. The Morgan fingerprint density at radius 3 is 2.72 bits per heavy atom. The molecule has 0 fully saturated rings. The van der Waals surface area contributed by atoms with Gasteiger partial charge in [-0.25, -0.2) is 0 Å². The molecule has 190 valence electrons. The number of nitrogens with zero attached hydrogens (tertiary/aromatic N) is 2. The van der Waals surface area contributed by atoms with Crippen LogP contribution in [0.2, 0.25) is 0 Å². The molecular formula is C29H35N3O4. The third kappa shape index (κ3) is 7.21.